The molecule has 1 N–H and O–H groups in total. The Labute approximate surface area is 60.7 Å². The predicted octanol–water partition coefficient (Wildman–Crippen LogP) is -0.0461. The second-order valence-electron chi connectivity index (χ2n) is 2.55. The molecular weight excluding hydrogens is 130 g/mol. The number of rotatable bonds is 3. The van der Waals surface area contributed by atoms with Crippen LogP contribution in [0.3, 0.4) is 0 Å². The summed E-state index contributed by atoms with van der Waals surface area (Å²) in [6.07, 6.45) is 2.09. The first-order valence-electron chi connectivity index (χ1n) is 3.59. The first-order valence-corrected chi connectivity index (χ1v) is 3.59. The number of Topliss-reactive ketones (excluding diaryl/α,β-unsaturated/α-hetero) is 1. The van der Waals surface area contributed by atoms with Crippen LogP contribution in [-0.2, 0) is 9.53 Å². The second kappa shape index (κ2) is 3.68. The van der Waals surface area contributed by atoms with Crippen LogP contribution in [0.2, 0.25) is 0 Å². The van der Waals surface area contributed by atoms with Gasteiger partial charge in [-0.3, -0.25) is 4.79 Å². The van der Waals surface area contributed by atoms with E-state index in [0.717, 1.165) is 19.4 Å². The van der Waals surface area contributed by atoms with Gasteiger partial charge >= 0.3 is 0 Å². The quantitative estimate of drug-likeness (QED) is 0.602. The number of ketones is 1. The normalized spacial score (nSPS) is 25.1. The Kier molecular flexibility index (Phi) is 2.83. The molecule has 1 heterocycles. The number of methoxy groups -OCH3 is 1. The van der Waals surface area contributed by atoms with Crippen molar-refractivity contribution >= 4 is 5.78 Å². The molecule has 0 amide bonds. The van der Waals surface area contributed by atoms with E-state index in [1.807, 2.05) is 0 Å². The molecule has 1 saturated heterocycles. The lowest BCUT2D eigenvalue weighted by Gasteiger charge is -2.06. The lowest BCUT2D eigenvalue weighted by molar-refractivity contribution is -0.124. The van der Waals surface area contributed by atoms with Gasteiger partial charge in [-0.15, -0.1) is 0 Å². The molecule has 0 spiro atoms. The third-order valence-electron chi connectivity index (χ3n) is 1.74. The molecule has 0 aliphatic carbocycles. The summed E-state index contributed by atoms with van der Waals surface area (Å²) < 4.78 is 4.73. The number of carbonyl (C=O) groups excluding carboxylic acids is 1. The largest absolute Gasteiger partial charge is 0.377 e. The number of nitrogens with one attached hydrogen (secondary N) is 1. The Morgan fingerprint density at radius 2 is 2.60 bits per heavy atom. The van der Waals surface area contributed by atoms with Gasteiger partial charge in [-0.25, -0.2) is 0 Å². The summed E-state index contributed by atoms with van der Waals surface area (Å²) in [5.74, 6) is 0.181. The monoisotopic (exact) mass is 143 g/mol. The van der Waals surface area contributed by atoms with Crippen molar-refractivity contribution < 1.29 is 9.53 Å². The summed E-state index contributed by atoms with van der Waals surface area (Å²) in [4.78, 5) is 11.1. The van der Waals surface area contributed by atoms with Crippen molar-refractivity contribution in [2.24, 2.45) is 0 Å². The molecule has 1 fully saturated rings. The molecule has 0 unspecified atom stereocenters. The Balaban J connectivity index is 2.25. The molecule has 58 valence electrons. The van der Waals surface area contributed by atoms with Crippen molar-refractivity contribution in [2.45, 2.75) is 18.9 Å². The van der Waals surface area contributed by atoms with Crippen molar-refractivity contribution in [1.82, 2.24) is 5.32 Å². The highest BCUT2D eigenvalue weighted by Gasteiger charge is 2.20. The van der Waals surface area contributed by atoms with E-state index in [0.29, 0.717) is 0 Å². The molecule has 0 aromatic heterocycles. The molecular formula is C7H13NO2. The van der Waals surface area contributed by atoms with Crippen LogP contribution < -0.4 is 5.32 Å². The first kappa shape index (κ1) is 7.69. The van der Waals surface area contributed by atoms with E-state index in [1.165, 1.54) is 0 Å². The molecule has 3 nitrogen and oxygen atoms in total. The average Bonchev–Trinajstić information content (AvgIpc) is 2.38. The molecule has 1 rings (SSSR count). The van der Waals surface area contributed by atoms with Gasteiger partial charge in [-0.2, -0.15) is 0 Å². The van der Waals surface area contributed by atoms with Gasteiger partial charge in [0.05, 0.1) is 6.04 Å². The Bertz CT molecular complexity index is 119. The number of hydrogen-bond donors (Lipinski definition) is 1. The number of carbonyl (C=O) groups is 1. The summed E-state index contributed by atoms with van der Waals surface area (Å²) in [7, 11) is 1.55. The number of hydrogen-bond acceptors (Lipinski definition) is 3. The topological polar surface area (TPSA) is 38.3 Å². The molecule has 1 aliphatic heterocycles. The van der Waals surface area contributed by atoms with Crippen molar-refractivity contribution in [3.8, 4) is 0 Å². The smallest absolute Gasteiger partial charge is 0.175 e. The molecule has 3 heteroatoms. The molecule has 0 radical (unpaired) electrons. The zero-order valence-electron chi connectivity index (χ0n) is 6.22. The van der Waals surface area contributed by atoms with Gasteiger partial charge in [-0.05, 0) is 19.4 Å². The lowest BCUT2D eigenvalue weighted by atomic mass is 10.1. The van der Waals surface area contributed by atoms with E-state index in [1.54, 1.807) is 7.11 Å². The van der Waals surface area contributed by atoms with Gasteiger partial charge < -0.3 is 10.1 Å². The first-order chi connectivity index (χ1) is 4.84. The molecule has 0 saturated carbocycles. The Hall–Kier alpha value is -0.410. The highest BCUT2D eigenvalue weighted by molar-refractivity contribution is 5.85. The fraction of sp³-hybridized carbons (Fsp3) is 0.857. The maximum atomic E-state index is 11.1. The minimum Gasteiger partial charge on any atom is -0.377 e. The lowest BCUT2D eigenvalue weighted by Crippen LogP contribution is -2.33. The van der Waals surface area contributed by atoms with Crippen molar-refractivity contribution in [1.29, 1.82) is 0 Å². The van der Waals surface area contributed by atoms with Crippen molar-refractivity contribution in [2.75, 3.05) is 20.3 Å². The van der Waals surface area contributed by atoms with Crippen molar-refractivity contribution in [3.63, 3.8) is 0 Å². The van der Waals surface area contributed by atoms with Crippen LogP contribution in [0.5, 0.6) is 0 Å². The zero-order chi connectivity index (χ0) is 7.40. The van der Waals surface area contributed by atoms with Gasteiger partial charge in [0.1, 0.15) is 6.61 Å². The highest BCUT2D eigenvalue weighted by Crippen LogP contribution is 2.05. The van der Waals surface area contributed by atoms with E-state index < -0.39 is 0 Å². The van der Waals surface area contributed by atoms with Crippen LogP contribution in [0.4, 0.5) is 0 Å². The van der Waals surface area contributed by atoms with Crippen LogP contribution in [-0.4, -0.2) is 32.1 Å². The van der Waals surface area contributed by atoms with Crippen LogP contribution >= 0.6 is 0 Å². The predicted molar refractivity (Wildman–Crippen MR) is 37.9 cm³/mol. The van der Waals surface area contributed by atoms with Gasteiger partial charge in [0.15, 0.2) is 5.78 Å². The van der Waals surface area contributed by atoms with Gasteiger partial charge in [0, 0.05) is 7.11 Å². The van der Waals surface area contributed by atoms with Crippen LogP contribution in [0.1, 0.15) is 12.8 Å². The SMILES string of the molecule is COCC(=O)[C@@H]1CCCN1. The van der Waals surface area contributed by atoms with E-state index in [9.17, 15) is 4.79 Å². The van der Waals surface area contributed by atoms with E-state index in [2.05, 4.69) is 5.32 Å². The Morgan fingerprint density at radius 1 is 1.80 bits per heavy atom. The third kappa shape index (κ3) is 1.78. The van der Waals surface area contributed by atoms with Gasteiger partial charge in [0.2, 0.25) is 0 Å². The van der Waals surface area contributed by atoms with Gasteiger partial charge in [-0.1, -0.05) is 0 Å². The van der Waals surface area contributed by atoms with E-state index >= 15 is 0 Å². The zero-order valence-corrected chi connectivity index (χ0v) is 6.22. The minimum atomic E-state index is 0.0694. The maximum absolute atomic E-state index is 11.1. The summed E-state index contributed by atoms with van der Waals surface area (Å²) in [5.41, 5.74) is 0. The standard InChI is InChI=1S/C7H13NO2/c1-10-5-7(9)6-3-2-4-8-6/h6,8H,2-5H2,1H3/t6-/m0/s1. The summed E-state index contributed by atoms with van der Waals surface area (Å²) in [5, 5.41) is 3.11. The maximum Gasteiger partial charge on any atom is 0.175 e. The highest BCUT2D eigenvalue weighted by atomic mass is 16.5. The third-order valence-corrected chi connectivity index (χ3v) is 1.74. The van der Waals surface area contributed by atoms with Crippen molar-refractivity contribution in [3.05, 3.63) is 0 Å². The summed E-state index contributed by atoms with van der Waals surface area (Å²) >= 11 is 0. The molecule has 1 aliphatic rings. The minimum absolute atomic E-state index is 0.0694. The molecule has 0 bridgehead atoms. The van der Waals surface area contributed by atoms with Crippen LogP contribution in [0.25, 0.3) is 0 Å². The Morgan fingerprint density at radius 3 is 3.10 bits per heavy atom. The fourth-order valence-electron chi connectivity index (χ4n) is 1.20. The molecule has 1 atom stereocenters. The van der Waals surface area contributed by atoms with Crippen LogP contribution in [0, 0.1) is 0 Å². The van der Waals surface area contributed by atoms with E-state index in [-0.39, 0.29) is 18.4 Å². The second-order valence-corrected chi connectivity index (χ2v) is 2.55. The average molecular weight is 143 g/mol. The number of ether oxygens (including phenoxy) is 1. The van der Waals surface area contributed by atoms with Gasteiger partial charge in [0.25, 0.3) is 0 Å². The summed E-state index contributed by atoms with van der Waals surface area (Å²) in [6.45, 7) is 1.22. The molecule has 0 aromatic rings. The van der Waals surface area contributed by atoms with E-state index in [4.69, 9.17) is 4.74 Å². The molecule has 0 aromatic carbocycles. The summed E-state index contributed by atoms with van der Waals surface area (Å²) in [6, 6.07) is 0.0694. The van der Waals surface area contributed by atoms with Crippen LogP contribution in [0.15, 0.2) is 0 Å². The molecule has 10 heavy (non-hydrogen) atoms. The fourth-order valence-corrected chi connectivity index (χ4v) is 1.20.